The molecule has 0 aromatic heterocycles. The van der Waals surface area contributed by atoms with Gasteiger partial charge in [0.05, 0.1) is 9.95 Å². The third-order valence-corrected chi connectivity index (χ3v) is 4.62. The average molecular weight is 374 g/mol. The van der Waals surface area contributed by atoms with Gasteiger partial charge in [-0.15, -0.1) is 11.8 Å². The molecule has 20 heavy (non-hydrogen) atoms. The quantitative estimate of drug-likeness (QED) is 0.359. The Kier molecular flexibility index (Phi) is 4.91. The molecule has 2 aromatic carbocycles. The number of anilines is 1. The van der Waals surface area contributed by atoms with E-state index >= 15 is 0 Å². The van der Waals surface area contributed by atoms with Gasteiger partial charge in [0.1, 0.15) is 0 Å². The smallest absolute Gasteiger partial charge is 0.274 e. The van der Waals surface area contributed by atoms with Crippen molar-refractivity contribution in [3.05, 3.63) is 61.6 Å². The van der Waals surface area contributed by atoms with Gasteiger partial charge >= 0.3 is 0 Å². The van der Waals surface area contributed by atoms with Gasteiger partial charge in [-0.05, 0) is 24.3 Å². The molecule has 7 heteroatoms. The first-order chi connectivity index (χ1) is 9.47. The van der Waals surface area contributed by atoms with Gasteiger partial charge in [0.2, 0.25) is 0 Å². The van der Waals surface area contributed by atoms with E-state index in [1.165, 1.54) is 17.8 Å². The van der Waals surface area contributed by atoms with Crippen molar-refractivity contribution in [2.75, 3.05) is 5.73 Å². The second kappa shape index (κ2) is 6.47. The minimum Gasteiger partial charge on any atom is -0.399 e. The highest BCUT2D eigenvalue weighted by molar-refractivity contribution is 9.10. The first-order valence-electron chi connectivity index (χ1n) is 5.58. The summed E-state index contributed by atoms with van der Waals surface area (Å²) in [6.45, 7) is 0. The van der Waals surface area contributed by atoms with Crippen molar-refractivity contribution in [2.24, 2.45) is 0 Å². The van der Waals surface area contributed by atoms with E-state index in [0.29, 0.717) is 26.5 Å². The summed E-state index contributed by atoms with van der Waals surface area (Å²) in [4.78, 5) is 11.5. The van der Waals surface area contributed by atoms with Crippen LogP contribution in [0.15, 0.2) is 45.8 Å². The highest BCUT2D eigenvalue weighted by atomic mass is 79.9. The molecule has 0 heterocycles. The number of benzene rings is 2. The SMILES string of the molecule is Nc1ccc(Cl)c(SCc2ccc(Br)cc2[N+](=O)[O-])c1. The van der Waals surface area contributed by atoms with Crippen LogP contribution in [0.2, 0.25) is 5.02 Å². The molecule has 2 aromatic rings. The maximum absolute atomic E-state index is 11.0. The minimum absolute atomic E-state index is 0.0897. The molecule has 0 atom stereocenters. The molecule has 0 unspecified atom stereocenters. The Morgan fingerprint density at radius 3 is 2.75 bits per heavy atom. The van der Waals surface area contributed by atoms with Gasteiger partial charge in [-0.3, -0.25) is 10.1 Å². The zero-order valence-corrected chi connectivity index (χ0v) is 13.3. The third kappa shape index (κ3) is 3.65. The van der Waals surface area contributed by atoms with Crippen molar-refractivity contribution in [3.8, 4) is 0 Å². The maximum atomic E-state index is 11.0. The van der Waals surface area contributed by atoms with Crippen LogP contribution in [-0.4, -0.2) is 4.92 Å². The molecular formula is C13H10BrClN2O2S. The normalized spacial score (nSPS) is 10.5. The van der Waals surface area contributed by atoms with E-state index < -0.39 is 0 Å². The van der Waals surface area contributed by atoms with Gasteiger partial charge in [0.25, 0.3) is 5.69 Å². The number of hydrogen-bond acceptors (Lipinski definition) is 4. The summed E-state index contributed by atoms with van der Waals surface area (Å²) in [5.41, 5.74) is 7.05. The van der Waals surface area contributed by atoms with Crippen molar-refractivity contribution >= 4 is 50.7 Å². The number of nitro benzene ring substituents is 1. The number of nitrogen functional groups attached to an aromatic ring is 1. The number of hydrogen-bond donors (Lipinski definition) is 1. The first-order valence-corrected chi connectivity index (χ1v) is 7.73. The van der Waals surface area contributed by atoms with Gasteiger partial charge in [-0.2, -0.15) is 0 Å². The number of nitro groups is 1. The molecule has 0 saturated heterocycles. The van der Waals surface area contributed by atoms with Crippen molar-refractivity contribution in [1.29, 1.82) is 0 Å². The molecule has 2 rings (SSSR count). The second-order valence-corrected chi connectivity index (χ2v) is 6.35. The summed E-state index contributed by atoms with van der Waals surface area (Å²) in [6.07, 6.45) is 0. The third-order valence-electron chi connectivity index (χ3n) is 2.58. The fraction of sp³-hybridized carbons (Fsp3) is 0.0769. The number of halogens is 2. The second-order valence-electron chi connectivity index (χ2n) is 4.01. The molecule has 0 saturated carbocycles. The Bertz CT molecular complexity index is 667. The van der Waals surface area contributed by atoms with Crippen molar-refractivity contribution in [2.45, 2.75) is 10.6 Å². The van der Waals surface area contributed by atoms with Crippen LogP contribution >= 0.6 is 39.3 Å². The molecule has 104 valence electrons. The lowest BCUT2D eigenvalue weighted by Gasteiger charge is -2.06. The fourth-order valence-electron chi connectivity index (χ4n) is 1.62. The molecule has 2 N–H and O–H groups in total. The summed E-state index contributed by atoms with van der Waals surface area (Å²) in [5, 5.41) is 11.6. The summed E-state index contributed by atoms with van der Waals surface area (Å²) < 4.78 is 0.680. The molecular weight excluding hydrogens is 364 g/mol. The van der Waals surface area contributed by atoms with Gasteiger partial charge in [-0.25, -0.2) is 0 Å². The van der Waals surface area contributed by atoms with E-state index in [0.717, 1.165) is 4.90 Å². The van der Waals surface area contributed by atoms with E-state index in [1.54, 1.807) is 30.3 Å². The fourth-order valence-corrected chi connectivity index (χ4v) is 3.23. The largest absolute Gasteiger partial charge is 0.399 e. The van der Waals surface area contributed by atoms with E-state index in [9.17, 15) is 10.1 Å². The zero-order chi connectivity index (χ0) is 14.7. The van der Waals surface area contributed by atoms with Crippen LogP contribution in [0.1, 0.15) is 5.56 Å². The van der Waals surface area contributed by atoms with E-state index in [-0.39, 0.29) is 10.6 Å². The van der Waals surface area contributed by atoms with E-state index in [2.05, 4.69) is 15.9 Å². The summed E-state index contributed by atoms with van der Waals surface area (Å²) in [7, 11) is 0. The first kappa shape index (κ1) is 15.2. The predicted molar refractivity (Wildman–Crippen MR) is 86.2 cm³/mol. The highest BCUT2D eigenvalue weighted by Gasteiger charge is 2.14. The van der Waals surface area contributed by atoms with Crippen LogP contribution in [0.3, 0.4) is 0 Å². The van der Waals surface area contributed by atoms with Gasteiger partial charge in [0, 0.05) is 32.4 Å². The lowest BCUT2D eigenvalue weighted by molar-refractivity contribution is -0.385. The minimum atomic E-state index is -0.387. The molecule has 4 nitrogen and oxygen atoms in total. The van der Waals surface area contributed by atoms with Crippen LogP contribution < -0.4 is 5.73 Å². The Morgan fingerprint density at radius 1 is 1.30 bits per heavy atom. The molecule has 0 amide bonds. The Labute approximate surface area is 133 Å². The summed E-state index contributed by atoms with van der Waals surface area (Å²) in [6, 6.07) is 10.2. The van der Waals surface area contributed by atoms with E-state index in [1.807, 2.05) is 0 Å². The number of thioether (sulfide) groups is 1. The van der Waals surface area contributed by atoms with Crippen molar-refractivity contribution < 1.29 is 4.92 Å². The van der Waals surface area contributed by atoms with Crippen LogP contribution in [0, 0.1) is 10.1 Å². The standard InChI is InChI=1S/C13H10BrClN2O2S/c14-9-2-1-8(12(5-9)17(18)19)7-20-13-6-10(16)3-4-11(13)15/h1-6H,7,16H2. The van der Waals surface area contributed by atoms with Crippen LogP contribution in [-0.2, 0) is 5.75 Å². The Hall–Kier alpha value is -1.24. The maximum Gasteiger partial charge on any atom is 0.274 e. The molecule has 0 aliphatic heterocycles. The van der Waals surface area contributed by atoms with E-state index in [4.69, 9.17) is 17.3 Å². The van der Waals surface area contributed by atoms with Crippen molar-refractivity contribution in [3.63, 3.8) is 0 Å². The lowest BCUT2D eigenvalue weighted by atomic mass is 10.2. The average Bonchev–Trinajstić information content (AvgIpc) is 2.40. The molecule has 0 spiro atoms. The molecule has 0 aliphatic rings. The summed E-state index contributed by atoms with van der Waals surface area (Å²) in [5.74, 6) is 0.451. The topological polar surface area (TPSA) is 69.2 Å². The van der Waals surface area contributed by atoms with Gasteiger partial charge < -0.3 is 5.73 Å². The predicted octanol–water partition coefficient (Wildman–Crippen LogP) is 4.89. The highest BCUT2D eigenvalue weighted by Crippen LogP contribution is 2.34. The van der Waals surface area contributed by atoms with Crippen LogP contribution in [0.4, 0.5) is 11.4 Å². The lowest BCUT2D eigenvalue weighted by Crippen LogP contribution is -1.94. The Balaban J connectivity index is 2.23. The monoisotopic (exact) mass is 372 g/mol. The van der Waals surface area contributed by atoms with Crippen LogP contribution in [0.5, 0.6) is 0 Å². The van der Waals surface area contributed by atoms with Gasteiger partial charge in [0.15, 0.2) is 0 Å². The van der Waals surface area contributed by atoms with Crippen LogP contribution in [0.25, 0.3) is 0 Å². The van der Waals surface area contributed by atoms with Gasteiger partial charge in [-0.1, -0.05) is 33.6 Å². The summed E-state index contributed by atoms with van der Waals surface area (Å²) >= 11 is 10.7. The zero-order valence-electron chi connectivity index (χ0n) is 10.2. The molecule has 0 radical (unpaired) electrons. The molecule has 0 bridgehead atoms. The number of nitrogens with two attached hydrogens (primary N) is 1. The Morgan fingerprint density at radius 2 is 2.05 bits per heavy atom. The number of nitrogens with zero attached hydrogens (tertiary/aromatic N) is 1. The molecule has 0 fully saturated rings. The molecule has 0 aliphatic carbocycles. The number of rotatable bonds is 4. The van der Waals surface area contributed by atoms with Crippen molar-refractivity contribution in [1.82, 2.24) is 0 Å².